The molecule has 20 heavy (non-hydrogen) atoms. The Morgan fingerprint density at radius 3 is 2.70 bits per heavy atom. The van der Waals surface area contributed by atoms with Gasteiger partial charge < -0.3 is 14.1 Å². The quantitative estimate of drug-likeness (QED) is 0.845. The molecule has 4 heteroatoms. The average Bonchev–Trinajstić information content (AvgIpc) is 3.08. The van der Waals surface area contributed by atoms with Crippen molar-refractivity contribution in [1.82, 2.24) is 4.98 Å². The summed E-state index contributed by atoms with van der Waals surface area (Å²) in [7, 11) is 0. The second-order valence-corrected chi connectivity index (χ2v) is 5.30. The van der Waals surface area contributed by atoms with Gasteiger partial charge in [-0.25, -0.2) is 4.98 Å². The Labute approximate surface area is 118 Å². The molecule has 1 atom stereocenters. The normalized spacial score (nSPS) is 18.2. The largest absolute Gasteiger partial charge is 0.465 e. The fourth-order valence-corrected chi connectivity index (χ4v) is 2.31. The van der Waals surface area contributed by atoms with E-state index in [0.29, 0.717) is 11.7 Å². The number of nitrogens with zero attached hydrogens (tertiary/aromatic N) is 2. The molecular formula is C16H18N2O2. The minimum absolute atomic E-state index is 0.00231. The third kappa shape index (κ3) is 2.54. The summed E-state index contributed by atoms with van der Waals surface area (Å²) >= 11 is 0. The average molecular weight is 270 g/mol. The first-order chi connectivity index (χ1) is 9.74. The van der Waals surface area contributed by atoms with Crippen molar-refractivity contribution in [3.63, 3.8) is 0 Å². The van der Waals surface area contributed by atoms with Crippen molar-refractivity contribution in [1.29, 1.82) is 0 Å². The number of aromatic nitrogens is 1. The molecule has 0 N–H and O–H groups in total. The molecule has 0 saturated carbocycles. The Bertz CT molecular complexity index is 576. The van der Waals surface area contributed by atoms with Crippen LogP contribution in [-0.4, -0.2) is 11.2 Å². The fourth-order valence-electron chi connectivity index (χ4n) is 2.31. The van der Waals surface area contributed by atoms with Crippen LogP contribution in [0.2, 0.25) is 0 Å². The Hall–Kier alpha value is -2.23. The maximum atomic E-state index is 6.04. The lowest BCUT2D eigenvalue weighted by molar-refractivity contribution is 0.162. The Morgan fingerprint density at radius 1 is 1.25 bits per heavy atom. The van der Waals surface area contributed by atoms with E-state index < -0.39 is 0 Å². The summed E-state index contributed by atoms with van der Waals surface area (Å²) in [5, 5.41) is 0. The zero-order chi connectivity index (χ0) is 13.9. The third-order valence-electron chi connectivity index (χ3n) is 3.23. The molecule has 0 fully saturated rings. The lowest BCUT2D eigenvalue weighted by Crippen LogP contribution is -2.29. The van der Waals surface area contributed by atoms with E-state index in [9.17, 15) is 0 Å². The highest BCUT2D eigenvalue weighted by molar-refractivity contribution is 5.64. The Balaban J connectivity index is 1.90. The molecule has 2 aromatic rings. The van der Waals surface area contributed by atoms with Crippen LogP contribution >= 0.6 is 0 Å². The molecule has 1 aromatic heterocycles. The summed E-state index contributed by atoms with van der Waals surface area (Å²) in [4.78, 5) is 6.10. The molecule has 2 heterocycles. The van der Waals surface area contributed by atoms with E-state index in [4.69, 9.17) is 9.15 Å². The van der Waals surface area contributed by atoms with Gasteiger partial charge in [0.1, 0.15) is 0 Å². The molecule has 0 spiro atoms. The highest BCUT2D eigenvalue weighted by Crippen LogP contribution is 2.33. The Kier molecular flexibility index (Phi) is 3.46. The molecule has 0 aliphatic carbocycles. The van der Waals surface area contributed by atoms with Crippen molar-refractivity contribution >= 4 is 11.4 Å². The maximum Gasteiger partial charge on any atom is 0.190 e. The van der Waals surface area contributed by atoms with Gasteiger partial charge in [0.25, 0.3) is 0 Å². The molecule has 4 nitrogen and oxygen atoms in total. The summed E-state index contributed by atoms with van der Waals surface area (Å²) in [5.41, 5.74) is 1.12. The fraction of sp³-hybridized carbons (Fsp3) is 0.312. The summed E-state index contributed by atoms with van der Waals surface area (Å²) in [6.45, 7) is 4.39. The molecule has 0 amide bonds. The first kappa shape index (κ1) is 12.8. The first-order valence-electron chi connectivity index (χ1n) is 6.85. The second kappa shape index (κ2) is 5.41. The van der Waals surface area contributed by atoms with Crippen molar-refractivity contribution in [2.45, 2.75) is 26.5 Å². The molecule has 0 bridgehead atoms. The minimum Gasteiger partial charge on any atom is -0.465 e. The van der Waals surface area contributed by atoms with E-state index in [2.05, 4.69) is 35.9 Å². The van der Waals surface area contributed by atoms with Crippen molar-refractivity contribution in [2.75, 3.05) is 4.90 Å². The first-order valence-corrected chi connectivity index (χ1v) is 6.85. The number of para-hydroxylation sites is 1. The lowest BCUT2D eigenvalue weighted by atomic mass is 10.1. The molecular weight excluding hydrogens is 252 g/mol. The van der Waals surface area contributed by atoms with E-state index in [0.717, 1.165) is 17.9 Å². The van der Waals surface area contributed by atoms with Crippen LogP contribution in [0.3, 0.4) is 0 Å². The minimum atomic E-state index is -0.00231. The number of rotatable bonds is 4. The number of ether oxygens (including phenoxy) is 1. The molecule has 104 valence electrons. The van der Waals surface area contributed by atoms with Gasteiger partial charge in [-0.05, 0) is 18.1 Å². The summed E-state index contributed by atoms with van der Waals surface area (Å²) < 4.78 is 11.4. The van der Waals surface area contributed by atoms with E-state index in [1.165, 1.54) is 6.39 Å². The van der Waals surface area contributed by atoms with Crippen LogP contribution in [0.5, 0.6) is 0 Å². The van der Waals surface area contributed by atoms with Gasteiger partial charge in [-0.2, -0.15) is 0 Å². The number of hydrogen-bond donors (Lipinski definition) is 0. The summed E-state index contributed by atoms with van der Waals surface area (Å²) in [6.07, 6.45) is 6.03. The van der Waals surface area contributed by atoms with Crippen molar-refractivity contribution in [3.05, 3.63) is 54.9 Å². The van der Waals surface area contributed by atoms with Crippen LogP contribution in [0.1, 0.15) is 26.0 Å². The van der Waals surface area contributed by atoms with Crippen LogP contribution in [0, 0.1) is 5.92 Å². The van der Waals surface area contributed by atoms with Crippen LogP contribution in [-0.2, 0) is 4.74 Å². The van der Waals surface area contributed by atoms with Gasteiger partial charge in [0.2, 0.25) is 0 Å². The van der Waals surface area contributed by atoms with Gasteiger partial charge in [-0.15, -0.1) is 0 Å². The molecule has 0 saturated heterocycles. The molecule has 0 radical (unpaired) electrons. The SMILES string of the molecule is CC(C)CC1OC(c2cnco2)=CN1c1ccccc1. The topological polar surface area (TPSA) is 38.5 Å². The van der Waals surface area contributed by atoms with Gasteiger partial charge >= 0.3 is 0 Å². The van der Waals surface area contributed by atoms with Gasteiger partial charge in [-0.3, -0.25) is 0 Å². The highest BCUT2D eigenvalue weighted by atomic mass is 16.5. The van der Waals surface area contributed by atoms with E-state index >= 15 is 0 Å². The Morgan fingerprint density at radius 2 is 2.05 bits per heavy atom. The number of hydrogen-bond acceptors (Lipinski definition) is 4. The standard InChI is InChI=1S/C16H18N2O2/c1-12(2)8-16-18(13-6-4-3-5-7-13)10-15(20-16)14-9-17-11-19-14/h3-7,9-12,16H,8H2,1-2H3. The monoisotopic (exact) mass is 270 g/mol. The predicted molar refractivity (Wildman–Crippen MR) is 77.7 cm³/mol. The molecule has 1 unspecified atom stereocenters. The highest BCUT2D eigenvalue weighted by Gasteiger charge is 2.29. The summed E-state index contributed by atoms with van der Waals surface area (Å²) in [6, 6.07) is 10.2. The molecule has 1 aliphatic heterocycles. The molecule has 3 rings (SSSR count). The van der Waals surface area contributed by atoms with E-state index in [1.54, 1.807) is 6.20 Å². The molecule has 1 aromatic carbocycles. The number of anilines is 1. The van der Waals surface area contributed by atoms with Crippen LogP contribution < -0.4 is 4.90 Å². The van der Waals surface area contributed by atoms with Gasteiger partial charge in [0.15, 0.2) is 24.1 Å². The maximum absolute atomic E-state index is 6.04. The van der Waals surface area contributed by atoms with Crippen LogP contribution in [0.15, 0.2) is 53.5 Å². The number of benzene rings is 1. The predicted octanol–water partition coefficient (Wildman–Crippen LogP) is 3.88. The van der Waals surface area contributed by atoms with Gasteiger partial charge in [0.05, 0.1) is 12.4 Å². The van der Waals surface area contributed by atoms with Crippen molar-refractivity contribution in [2.24, 2.45) is 5.92 Å². The third-order valence-corrected chi connectivity index (χ3v) is 3.23. The molecule has 1 aliphatic rings. The zero-order valence-corrected chi connectivity index (χ0v) is 11.7. The van der Waals surface area contributed by atoms with Crippen molar-refractivity contribution < 1.29 is 9.15 Å². The van der Waals surface area contributed by atoms with Crippen LogP contribution in [0.25, 0.3) is 5.76 Å². The smallest absolute Gasteiger partial charge is 0.190 e. The lowest BCUT2D eigenvalue weighted by Gasteiger charge is -2.25. The second-order valence-electron chi connectivity index (χ2n) is 5.30. The van der Waals surface area contributed by atoms with Gasteiger partial charge in [-0.1, -0.05) is 32.0 Å². The van der Waals surface area contributed by atoms with Crippen LogP contribution in [0.4, 0.5) is 5.69 Å². The van der Waals surface area contributed by atoms with Gasteiger partial charge in [0, 0.05) is 12.1 Å². The summed E-state index contributed by atoms with van der Waals surface area (Å²) in [5.74, 6) is 1.95. The van der Waals surface area contributed by atoms with E-state index in [1.807, 2.05) is 24.4 Å². The number of oxazole rings is 1. The van der Waals surface area contributed by atoms with E-state index in [-0.39, 0.29) is 6.23 Å². The van der Waals surface area contributed by atoms with Crippen molar-refractivity contribution in [3.8, 4) is 0 Å². The zero-order valence-electron chi connectivity index (χ0n) is 11.7.